The van der Waals surface area contributed by atoms with Gasteiger partial charge in [0.1, 0.15) is 6.61 Å². The number of hydrazine groups is 1. The molecule has 0 aromatic rings. The minimum atomic E-state index is -0.624. The number of ether oxygens (including phenoxy) is 1. The first-order valence-electron chi connectivity index (χ1n) is 4.54. The standard InChI is InChI=1S/C8H13ClN2O3/c9-4-6-14-8(13)10-11-5-2-1-3-7(11)12/h1-6H2,(H,10,13). The zero-order valence-corrected chi connectivity index (χ0v) is 8.55. The molecule has 0 atom stereocenters. The van der Waals surface area contributed by atoms with Gasteiger partial charge in [0.2, 0.25) is 5.91 Å². The lowest BCUT2D eigenvalue weighted by Crippen LogP contribution is -2.48. The molecule has 0 aromatic carbocycles. The number of carbonyl (C=O) groups excluding carboxylic acids is 2. The topological polar surface area (TPSA) is 58.6 Å². The maximum Gasteiger partial charge on any atom is 0.426 e. The third-order valence-corrected chi connectivity index (χ3v) is 2.01. The molecule has 6 heteroatoms. The van der Waals surface area contributed by atoms with Crippen molar-refractivity contribution in [2.24, 2.45) is 0 Å². The van der Waals surface area contributed by atoms with Gasteiger partial charge in [0.25, 0.3) is 0 Å². The van der Waals surface area contributed by atoms with E-state index in [1.807, 2.05) is 0 Å². The van der Waals surface area contributed by atoms with Gasteiger partial charge in [0, 0.05) is 13.0 Å². The predicted molar refractivity (Wildman–Crippen MR) is 50.8 cm³/mol. The quantitative estimate of drug-likeness (QED) is 0.719. The molecule has 2 amide bonds. The SMILES string of the molecule is O=C(NN1CCCCC1=O)OCCCl. The summed E-state index contributed by atoms with van der Waals surface area (Å²) >= 11 is 5.33. The molecule has 80 valence electrons. The number of carbonyl (C=O) groups is 2. The lowest BCUT2D eigenvalue weighted by atomic mass is 10.1. The number of nitrogens with one attached hydrogen (secondary N) is 1. The highest BCUT2D eigenvalue weighted by molar-refractivity contribution is 6.18. The van der Waals surface area contributed by atoms with E-state index in [9.17, 15) is 9.59 Å². The maximum atomic E-state index is 11.2. The van der Waals surface area contributed by atoms with E-state index < -0.39 is 6.09 Å². The molecule has 0 unspecified atom stereocenters. The number of nitrogens with zero attached hydrogens (tertiary/aromatic N) is 1. The Labute approximate surface area is 87.3 Å². The van der Waals surface area contributed by atoms with E-state index in [2.05, 4.69) is 10.2 Å². The Morgan fingerprint density at radius 2 is 2.36 bits per heavy atom. The van der Waals surface area contributed by atoms with Crippen molar-refractivity contribution in [3.63, 3.8) is 0 Å². The Morgan fingerprint density at radius 1 is 1.57 bits per heavy atom. The maximum absolute atomic E-state index is 11.2. The highest BCUT2D eigenvalue weighted by atomic mass is 35.5. The minimum absolute atomic E-state index is 0.0703. The summed E-state index contributed by atoms with van der Waals surface area (Å²) in [6.45, 7) is 0.699. The van der Waals surface area contributed by atoms with Crippen molar-refractivity contribution in [3.8, 4) is 0 Å². The van der Waals surface area contributed by atoms with Crippen molar-refractivity contribution in [1.82, 2.24) is 10.4 Å². The summed E-state index contributed by atoms with van der Waals surface area (Å²) in [6, 6.07) is 0. The Hall–Kier alpha value is -0.970. The van der Waals surface area contributed by atoms with E-state index in [1.165, 1.54) is 5.01 Å². The smallest absolute Gasteiger partial charge is 0.426 e. The molecule has 5 nitrogen and oxygen atoms in total. The fourth-order valence-corrected chi connectivity index (χ4v) is 1.27. The number of hydrogen-bond acceptors (Lipinski definition) is 3. The van der Waals surface area contributed by atoms with Gasteiger partial charge in [0.05, 0.1) is 5.88 Å². The molecule has 1 rings (SSSR count). The first-order valence-corrected chi connectivity index (χ1v) is 5.07. The fourth-order valence-electron chi connectivity index (χ4n) is 1.20. The van der Waals surface area contributed by atoms with Crippen molar-refractivity contribution in [2.45, 2.75) is 19.3 Å². The van der Waals surface area contributed by atoms with E-state index in [0.717, 1.165) is 12.8 Å². The molecule has 0 bridgehead atoms. The van der Waals surface area contributed by atoms with Crippen LogP contribution in [-0.4, -0.2) is 36.0 Å². The third kappa shape index (κ3) is 3.41. The van der Waals surface area contributed by atoms with Gasteiger partial charge in [-0.15, -0.1) is 11.6 Å². The summed E-state index contributed by atoms with van der Waals surface area (Å²) in [7, 11) is 0. The van der Waals surface area contributed by atoms with E-state index in [0.29, 0.717) is 13.0 Å². The van der Waals surface area contributed by atoms with Gasteiger partial charge >= 0.3 is 6.09 Å². The Kier molecular flexibility index (Phi) is 4.52. The number of piperidine rings is 1. The summed E-state index contributed by atoms with van der Waals surface area (Å²) < 4.78 is 4.67. The summed E-state index contributed by atoms with van der Waals surface area (Å²) in [4.78, 5) is 22.3. The van der Waals surface area contributed by atoms with Gasteiger partial charge < -0.3 is 4.74 Å². The van der Waals surface area contributed by atoms with Crippen LogP contribution >= 0.6 is 11.6 Å². The second-order valence-corrected chi connectivity index (χ2v) is 3.32. The van der Waals surface area contributed by atoms with Crippen LogP contribution in [0.2, 0.25) is 0 Å². The molecule has 14 heavy (non-hydrogen) atoms. The van der Waals surface area contributed by atoms with Gasteiger partial charge in [-0.05, 0) is 12.8 Å². The first kappa shape index (κ1) is 11.1. The molecule has 1 heterocycles. The monoisotopic (exact) mass is 220 g/mol. The van der Waals surface area contributed by atoms with Crippen LogP contribution in [-0.2, 0) is 9.53 Å². The van der Waals surface area contributed by atoms with Gasteiger partial charge in [-0.25, -0.2) is 10.2 Å². The van der Waals surface area contributed by atoms with Crippen LogP contribution < -0.4 is 5.43 Å². The second kappa shape index (κ2) is 5.70. The first-order chi connectivity index (χ1) is 6.74. The molecule has 1 saturated heterocycles. The number of hydrogen-bond donors (Lipinski definition) is 1. The summed E-state index contributed by atoms with van der Waals surface area (Å²) in [6.07, 6.45) is 1.64. The minimum Gasteiger partial charge on any atom is -0.447 e. The van der Waals surface area contributed by atoms with Gasteiger partial charge in [-0.1, -0.05) is 0 Å². The summed E-state index contributed by atoms with van der Waals surface area (Å²) in [5, 5.41) is 1.29. The second-order valence-electron chi connectivity index (χ2n) is 2.94. The fraction of sp³-hybridized carbons (Fsp3) is 0.750. The van der Waals surface area contributed by atoms with E-state index in [1.54, 1.807) is 0 Å². The van der Waals surface area contributed by atoms with Crippen molar-refractivity contribution < 1.29 is 14.3 Å². The van der Waals surface area contributed by atoms with Crippen molar-refractivity contribution in [1.29, 1.82) is 0 Å². The lowest BCUT2D eigenvalue weighted by molar-refractivity contribution is -0.136. The molecular weight excluding hydrogens is 208 g/mol. The van der Waals surface area contributed by atoms with E-state index >= 15 is 0 Å². The molecule has 1 aliphatic heterocycles. The van der Waals surface area contributed by atoms with Gasteiger partial charge in [0.15, 0.2) is 0 Å². The molecule has 0 aliphatic carbocycles. The zero-order chi connectivity index (χ0) is 10.4. The van der Waals surface area contributed by atoms with E-state index in [4.69, 9.17) is 11.6 Å². The average Bonchev–Trinajstić information content (AvgIpc) is 2.18. The largest absolute Gasteiger partial charge is 0.447 e. The molecule has 0 aromatic heterocycles. The zero-order valence-electron chi connectivity index (χ0n) is 7.79. The van der Waals surface area contributed by atoms with Crippen LogP contribution in [0.25, 0.3) is 0 Å². The van der Waals surface area contributed by atoms with Gasteiger partial charge in [-0.3, -0.25) is 9.80 Å². The van der Waals surface area contributed by atoms with Crippen LogP contribution in [0, 0.1) is 0 Å². The van der Waals surface area contributed by atoms with Crippen molar-refractivity contribution >= 4 is 23.6 Å². The van der Waals surface area contributed by atoms with Crippen molar-refractivity contribution in [2.75, 3.05) is 19.0 Å². The van der Waals surface area contributed by atoms with Crippen LogP contribution in [0.5, 0.6) is 0 Å². The van der Waals surface area contributed by atoms with Crippen LogP contribution in [0.4, 0.5) is 4.79 Å². The number of amides is 2. The molecule has 0 spiro atoms. The highest BCUT2D eigenvalue weighted by Crippen LogP contribution is 2.07. The summed E-state index contributed by atoms with van der Waals surface area (Å²) in [5.41, 5.74) is 2.37. The molecule has 0 radical (unpaired) electrons. The summed E-state index contributed by atoms with van der Waals surface area (Å²) in [5.74, 6) is 0.181. The Morgan fingerprint density at radius 3 is 3.00 bits per heavy atom. The number of rotatable bonds is 3. The molecule has 1 N–H and O–H groups in total. The Bertz CT molecular complexity index is 223. The van der Waals surface area contributed by atoms with E-state index in [-0.39, 0.29) is 18.4 Å². The Balaban J connectivity index is 2.27. The average molecular weight is 221 g/mol. The molecule has 1 fully saturated rings. The van der Waals surface area contributed by atoms with Crippen LogP contribution in [0.15, 0.2) is 0 Å². The van der Waals surface area contributed by atoms with Crippen LogP contribution in [0.3, 0.4) is 0 Å². The molecule has 1 aliphatic rings. The highest BCUT2D eigenvalue weighted by Gasteiger charge is 2.19. The van der Waals surface area contributed by atoms with Crippen molar-refractivity contribution in [3.05, 3.63) is 0 Å². The lowest BCUT2D eigenvalue weighted by Gasteiger charge is -2.26. The third-order valence-electron chi connectivity index (χ3n) is 1.86. The molecule has 0 saturated carbocycles. The number of halogens is 1. The van der Waals surface area contributed by atoms with Crippen LogP contribution in [0.1, 0.15) is 19.3 Å². The number of alkyl halides is 1. The molecular formula is C8H13ClN2O3. The predicted octanol–water partition coefficient (Wildman–Crippen LogP) is 0.879. The van der Waals surface area contributed by atoms with Gasteiger partial charge in [-0.2, -0.15) is 0 Å². The normalized spacial score (nSPS) is 16.6.